The molecule has 8 heteroatoms. The van der Waals surface area contributed by atoms with Crippen LogP contribution in [-0.4, -0.2) is 84.4 Å². The van der Waals surface area contributed by atoms with Gasteiger partial charge in [0.25, 0.3) is 0 Å². The minimum atomic E-state index is -0.877. The van der Waals surface area contributed by atoms with Crippen LogP contribution in [0.2, 0.25) is 0 Å². The third-order valence-electron chi connectivity index (χ3n) is 7.68. The predicted molar refractivity (Wildman–Crippen MR) is 140 cm³/mol. The van der Waals surface area contributed by atoms with E-state index in [2.05, 4.69) is 37.8 Å². The van der Waals surface area contributed by atoms with Crippen LogP contribution in [0.4, 0.5) is 14.5 Å². The highest BCUT2D eigenvalue weighted by Gasteiger charge is 2.27. The molecule has 0 bridgehead atoms. The number of fused-ring (bicyclic) bond motifs is 1. The second-order valence-corrected chi connectivity index (χ2v) is 9.92. The van der Waals surface area contributed by atoms with Gasteiger partial charge in [-0.1, -0.05) is 6.08 Å². The van der Waals surface area contributed by atoms with Crippen LogP contribution in [-0.2, 0) is 0 Å². The number of hydrogen-bond donors (Lipinski definition) is 0. The number of anilines is 1. The molecule has 36 heavy (non-hydrogen) atoms. The average molecular weight is 489 g/mol. The maximum atomic E-state index is 13.9. The van der Waals surface area contributed by atoms with Crippen molar-refractivity contribution in [1.82, 2.24) is 19.8 Å². The number of allylic oxidation sites excluding steroid dienone is 1. The molecule has 0 spiro atoms. The smallest absolute Gasteiger partial charge is 0.159 e. The van der Waals surface area contributed by atoms with Crippen LogP contribution in [0.15, 0.2) is 53.7 Å². The first-order valence-electron chi connectivity index (χ1n) is 12.7. The zero-order chi connectivity index (χ0) is 24.6. The van der Waals surface area contributed by atoms with E-state index in [1.807, 2.05) is 24.4 Å². The number of rotatable bonds is 4. The number of likely N-dealkylation sites (N-methyl/N-ethyl adjacent to an activating group) is 1. The fourth-order valence-electron chi connectivity index (χ4n) is 5.52. The highest BCUT2D eigenvalue weighted by atomic mass is 19.2. The van der Waals surface area contributed by atoms with E-state index >= 15 is 0 Å². The fraction of sp³-hybridized carbons (Fsp3) is 0.393. The second kappa shape index (κ2) is 9.67. The lowest BCUT2D eigenvalue weighted by Crippen LogP contribution is -2.52. The van der Waals surface area contributed by atoms with Crippen LogP contribution in [0.5, 0.6) is 0 Å². The molecule has 6 nitrogen and oxygen atoms in total. The van der Waals surface area contributed by atoms with Gasteiger partial charge in [0.05, 0.1) is 40.9 Å². The Morgan fingerprint density at radius 2 is 1.67 bits per heavy atom. The molecular formula is C28H30F2N6. The monoisotopic (exact) mass is 488 g/mol. The summed E-state index contributed by atoms with van der Waals surface area (Å²) < 4.78 is 27.3. The summed E-state index contributed by atoms with van der Waals surface area (Å²) in [5.41, 5.74) is 5.53. The van der Waals surface area contributed by atoms with Crippen molar-refractivity contribution in [3.8, 4) is 0 Å². The third-order valence-corrected chi connectivity index (χ3v) is 7.68. The molecule has 3 aliphatic rings. The van der Waals surface area contributed by atoms with Gasteiger partial charge in [0.1, 0.15) is 0 Å². The third kappa shape index (κ3) is 4.51. The number of pyridine rings is 2. The summed E-state index contributed by atoms with van der Waals surface area (Å²) in [6.07, 6.45) is 6.25. The van der Waals surface area contributed by atoms with Crippen molar-refractivity contribution in [3.63, 3.8) is 0 Å². The van der Waals surface area contributed by atoms with Gasteiger partial charge in [-0.25, -0.2) is 13.8 Å². The quantitative estimate of drug-likeness (QED) is 0.556. The van der Waals surface area contributed by atoms with E-state index in [-0.39, 0.29) is 0 Å². The Balaban J connectivity index is 1.20. The predicted octanol–water partition coefficient (Wildman–Crippen LogP) is 4.01. The number of nitrogens with zero attached hydrogens (tertiary/aromatic N) is 6. The molecule has 0 aliphatic carbocycles. The number of aromatic nitrogens is 2. The van der Waals surface area contributed by atoms with Crippen molar-refractivity contribution in [2.24, 2.45) is 4.99 Å². The highest BCUT2D eigenvalue weighted by molar-refractivity contribution is 6.32. The van der Waals surface area contributed by atoms with Gasteiger partial charge in [0, 0.05) is 56.4 Å². The molecule has 0 saturated carbocycles. The van der Waals surface area contributed by atoms with Crippen molar-refractivity contribution in [2.45, 2.75) is 18.9 Å². The van der Waals surface area contributed by atoms with E-state index in [0.717, 1.165) is 86.2 Å². The Morgan fingerprint density at radius 3 is 2.44 bits per heavy atom. The number of piperazine rings is 1. The van der Waals surface area contributed by atoms with Crippen molar-refractivity contribution in [1.29, 1.82) is 0 Å². The number of aliphatic imine (C=N–C) groups is 1. The Hall–Kier alpha value is -3.23. The number of hydrogen-bond acceptors (Lipinski definition) is 6. The van der Waals surface area contributed by atoms with Crippen molar-refractivity contribution in [3.05, 3.63) is 71.6 Å². The first kappa shape index (κ1) is 23.2. The zero-order valence-electron chi connectivity index (χ0n) is 20.5. The number of piperidine rings is 1. The summed E-state index contributed by atoms with van der Waals surface area (Å²) in [6.45, 7) is 7.16. The summed E-state index contributed by atoms with van der Waals surface area (Å²) >= 11 is 0. The topological polar surface area (TPSA) is 47.9 Å². The van der Waals surface area contributed by atoms with Crippen LogP contribution in [0.3, 0.4) is 0 Å². The molecule has 0 radical (unpaired) electrons. The molecule has 3 aliphatic heterocycles. The van der Waals surface area contributed by atoms with E-state index in [0.29, 0.717) is 23.9 Å². The molecule has 2 fully saturated rings. The van der Waals surface area contributed by atoms with E-state index < -0.39 is 11.6 Å². The molecule has 5 heterocycles. The SMILES string of the molecule is CN1CCN(C2CCN(c3cnc4ccc(C5=CCN=C5c5ccc(F)c(F)c5)nc4c3)CC2)CC1. The normalized spacial score (nSPS) is 20.1. The zero-order valence-corrected chi connectivity index (χ0v) is 20.5. The van der Waals surface area contributed by atoms with Gasteiger partial charge in [0.2, 0.25) is 0 Å². The average Bonchev–Trinajstić information content (AvgIpc) is 3.40. The molecule has 0 amide bonds. The van der Waals surface area contributed by atoms with E-state index in [1.54, 1.807) is 6.07 Å². The Kier molecular flexibility index (Phi) is 6.23. The van der Waals surface area contributed by atoms with Gasteiger partial charge >= 0.3 is 0 Å². The molecule has 2 aromatic heterocycles. The number of benzene rings is 1. The molecule has 0 unspecified atom stereocenters. The van der Waals surface area contributed by atoms with Crippen molar-refractivity contribution >= 4 is 28.0 Å². The maximum Gasteiger partial charge on any atom is 0.159 e. The summed E-state index contributed by atoms with van der Waals surface area (Å²) in [5.74, 6) is -1.74. The summed E-state index contributed by atoms with van der Waals surface area (Å²) in [5, 5.41) is 0. The molecular weight excluding hydrogens is 458 g/mol. The lowest BCUT2D eigenvalue weighted by Gasteiger charge is -2.42. The molecule has 1 aromatic carbocycles. The molecule has 0 atom stereocenters. The largest absolute Gasteiger partial charge is 0.370 e. The van der Waals surface area contributed by atoms with Gasteiger partial charge in [0.15, 0.2) is 11.6 Å². The number of halogens is 2. The van der Waals surface area contributed by atoms with Gasteiger partial charge in [-0.15, -0.1) is 0 Å². The Morgan fingerprint density at radius 1 is 0.861 bits per heavy atom. The first-order chi connectivity index (χ1) is 17.5. The van der Waals surface area contributed by atoms with Gasteiger partial charge in [-0.3, -0.25) is 14.9 Å². The Labute approximate surface area is 210 Å². The minimum Gasteiger partial charge on any atom is -0.370 e. The van der Waals surface area contributed by atoms with Gasteiger partial charge < -0.3 is 9.80 Å². The molecule has 2 saturated heterocycles. The second-order valence-electron chi connectivity index (χ2n) is 9.92. The van der Waals surface area contributed by atoms with E-state index in [9.17, 15) is 8.78 Å². The van der Waals surface area contributed by atoms with Crippen LogP contribution in [0.1, 0.15) is 24.1 Å². The van der Waals surface area contributed by atoms with Crippen molar-refractivity contribution in [2.75, 3.05) is 57.8 Å². The summed E-state index contributed by atoms with van der Waals surface area (Å²) in [4.78, 5) is 21.6. The minimum absolute atomic E-state index is 0.490. The van der Waals surface area contributed by atoms with Crippen LogP contribution < -0.4 is 4.90 Å². The van der Waals surface area contributed by atoms with Crippen molar-refractivity contribution < 1.29 is 8.78 Å². The summed E-state index contributed by atoms with van der Waals surface area (Å²) in [7, 11) is 2.20. The van der Waals surface area contributed by atoms with Crippen LogP contribution in [0.25, 0.3) is 16.6 Å². The van der Waals surface area contributed by atoms with Crippen LogP contribution in [0, 0.1) is 11.6 Å². The first-order valence-corrected chi connectivity index (χ1v) is 12.7. The van der Waals surface area contributed by atoms with E-state index in [1.165, 1.54) is 6.07 Å². The van der Waals surface area contributed by atoms with Gasteiger partial charge in [-0.2, -0.15) is 0 Å². The molecule has 6 rings (SSSR count). The lowest BCUT2D eigenvalue weighted by molar-refractivity contribution is 0.0982. The highest BCUT2D eigenvalue weighted by Crippen LogP contribution is 2.28. The lowest BCUT2D eigenvalue weighted by atomic mass is 10.00. The molecule has 186 valence electrons. The standard InChI is InChI=1S/C28H30F2N6/c1-34-12-14-36(15-13-34)20-7-10-35(11-8-20)21-17-27-26(32-18-21)5-4-25(33-27)22-6-9-31-28(22)19-2-3-23(29)24(30)16-19/h2-6,16-18,20H,7-15H2,1H3. The summed E-state index contributed by atoms with van der Waals surface area (Å²) in [6, 6.07) is 10.6. The van der Waals surface area contributed by atoms with Gasteiger partial charge in [-0.05, 0) is 56.3 Å². The van der Waals surface area contributed by atoms with Crippen LogP contribution >= 0.6 is 0 Å². The maximum absolute atomic E-state index is 13.9. The Bertz CT molecular complexity index is 1340. The fourth-order valence-corrected chi connectivity index (χ4v) is 5.52. The molecule has 0 N–H and O–H groups in total. The van der Waals surface area contributed by atoms with E-state index in [4.69, 9.17) is 4.98 Å². The molecule has 3 aromatic rings.